The molecule has 1 heterocycles. The number of carbonyl (C=O) groups excluding carboxylic acids is 2. The SMILES string of the molecule is CCCOC(=O)C1C(C)=NC2=C(C(=O)CCC2)[C@@H]1c1cc(OC)c(OC)cc1[N+](=O)[O-]. The molecule has 9 nitrogen and oxygen atoms in total. The molecular weight excluding hydrogens is 404 g/mol. The Kier molecular flexibility index (Phi) is 6.72. The first-order valence-electron chi connectivity index (χ1n) is 10.2. The maximum Gasteiger partial charge on any atom is 0.315 e. The van der Waals surface area contributed by atoms with Crippen molar-refractivity contribution in [2.45, 2.75) is 45.4 Å². The minimum Gasteiger partial charge on any atom is -0.493 e. The number of benzene rings is 1. The molecule has 1 aliphatic heterocycles. The van der Waals surface area contributed by atoms with Gasteiger partial charge in [0.2, 0.25) is 0 Å². The number of nitro benzene ring substituents is 1. The van der Waals surface area contributed by atoms with Crippen molar-refractivity contribution in [2.24, 2.45) is 10.9 Å². The summed E-state index contributed by atoms with van der Waals surface area (Å²) in [7, 11) is 2.80. The van der Waals surface area contributed by atoms with Crippen LogP contribution in [-0.4, -0.2) is 43.2 Å². The minimum absolute atomic E-state index is 0.153. The first-order valence-corrected chi connectivity index (χ1v) is 10.2. The Balaban J connectivity index is 2.28. The molecule has 3 rings (SSSR count). The summed E-state index contributed by atoms with van der Waals surface area (Å²) in [5, 5.41) is 12.0. The van der Waals surface area contributed by atoms with E-state index in [1.165, 1.54) is 26.4 Å². The van der Waals surface area contributed by atoms with E-state index < -0.39 is 22.7 Å². The fourth-order valence-corrected chi connectivity index (χ4v) is 4.23. The molecule has 0 fully saturated rings. The molecule has 0 bridgehead atoms. The van der Waals surface area contributed by atoms with Crippen LogP contribution in [0, 0.1) is 16.0 Å². The summed E-state index contributed by atoms with van der Waals surface area (Å²) in [6, 6.07) is 2.74. The standard InChI is InChI=1S/C22H26N2O7/c1-5-9-31-22(26)19-12(2)23-14-7-6-8-16(25)21(14)20(19)13-10-17(29-3)18(30-4)11-15(13)24(27)28/h10-11,19-20H,5-9H2,1-4H3/t19?,20-/m1/s1. The zero-order valence-electron chi connectivity index (χ0n) is 18.1. The lowest BCUT2D eigenvalue weighted by Crippen LogP contribution is -2.37. The van der Waals surface area contributed by atoms with Crippen molar-refractivity contribution < 1.29 is 28.7 Å². The molecule has 1 aromatic carbocycles. The molecule has 1 aromatic rings. The molecule has 0 aromatic heterocycles. The molecule has 0 radical (unpaired) electrons. The van der Waals surface area contributed by atoms with E-state index in [1.54, 1.807) is 6.92 Å². The fourth-order valence-electron chi connectivity index (χ4n) is 4.23. The van der Waals surface area contributed by atoms with Gasteiger partial charge >= 0.3 is 5.97 Å². The highest BCUT2D eigenvalue weighted by molar-refractivity contribution is 6.09. The Labute approximate surface area is 180 Å². The first-order chi connectivity index (χ1) is 14.8. The molecule has 0 saturated heterocycles. The maximum absolute atomic E-state index is 13.0. The number of aliphatic imine (C=N–C) groups is 1. The number of esters is 1. The summed E-state index contributed by atoms with van der Waals surface area (Å²) < 4.78 is 16.0. The van der Waals surface area contributed by atoms with Gasteiger partial charge in [0.15, 0.2) is 17.3 Å². The molecule has 1 unspecified atom stereocenters. The average Bonchev–Trinajstić information content (AvgIpc) is 2.75. The van der Waals surface area contributed by atoms with Gasteiger partial charge in [-0.05, 0) is 32.3 Å². The Bertz CT molecular complexity index is 980. The van der Waals surface area contributed by atoms with Gasteiger partial charge in [-0.2, -0.15) is 0 Å². The Morgan fingerprint density at radius 3 is 2.52 bits per heavy atom. The minimum atomic E-state index is -0.941. The van der Waals surface area contributed by atoms with Crippen LogP contribution in [0.25, 0.3) is 0 Å². The number of rotatable bonds is 7. The van der Waals surface area contributed by atoms with Gasteiger partial charge in [0, 0.05) is 34.9 Å². The van der Waals surface area contributed by atoms with Crippen LogP contribution in [0.1, 0.15) is 51.0 Å². The molecule has 1 aliphatic carbocycles. The maximum atomic E-state index is 13.0. The van der Waals surface area contributed by atoms with Gasteiger partial charge < -0.3 is 14.2 Å². The third kappa shape index (κ3) is 4.17. The highest BCUT2D eigenvalue weighted by atomic mass is 16.6. The summed E-state index contributed by atoms with van der Waals surface area (Å²) in [5.41, 5.74) is 1.37. The number of methoxy groups -OCH3 is 2. The third-order valence-corrected chi connectivity index (χ3v) is 5.60. The molecule has 31 heavy (non-hydrogen) atoms. The van der Waals surface area contributed by atoms with E-state index in [2.05, 4.69) is 4.99 Å². The molecule has 0 amide bonds. The predicted octanol–water partition coefficient (Wildman–Crippen LogP) is 3.75. The van der Waals surface area contributed by atoms with Crippen LogP contribution in [0.3, 0.4) is 0 Å². The second-order valence-corrected chi connectivity index (χ2v) is 7.54. The van der Waals surface area contributed by atoms with Crippen molar-refractivity contribution in [3.05, 3.63) is 39.1 Å². The molecule has 9 heteroatoms. The Morgan fingerprint density at radius 2 is 1.90 bits per heavy atom. The molecule has 2 aliphatic rings. The van der Waals surface area contributed by atoms with Gasteiger partial charge in [-0.3, -0.25) is 24.7 Å². The average molecular weight is 430 g/mol. The summed E-state index contributed by atoms with van der Waals surface area (Å²) >= 11 is 0. The molecule has 0 spiro atoms. The van der Waals surface area contributed by atoms with Crippen molar-refractivity contribution >= 4 is 23.2 Å². The number of Topliss-reactive ketones (excluding diaryl/α,β-unsaturated/α-hetero) is 1. The van der Waals surface area contributed by atoms with Crippen molar-refractivity contribution in [1.29, 1.82) is 0 Å². The van der Waals surface area contributed by atoms with E-state index in [0.717, 1.165) is 0 Å². The predicted molar refractivity (Wildman–Crippen MR) is 113 cm³/mol. The number of ether oxygens (including phenoxy) is 3. The van der Waals surface area contributed by atoms with E-state index in [-0.39, 0.29) is 35.1 Å². The highest BCUT2D eigenvalue weighted by Gasteiger charge is 2.46. The fraction of sp³-hybridized carbons (Fsp3) is 0.500. The lowest BCUT2D eigenvalue weighted by Gasteiger charge is -2.34. The molecule has 2 atom stereocenters. The Hall–Kier alpha value is -3.23. The van der Waals surface area contributed by atoms with Gasteiger partial charge in [-0.1, -0.05) is 6.92 Å². The van der Waals surface area contributed by atoms with Gasteiger partial charge in [-0.15, -0.1) is 0 Å². The Morgan fingerprint density at radius 1 is 1.23 bits per heavy atom. The number of allylic oxidation sites excluding steroid dienone is 2. The molecule has 0 N–H and O–H groups in total. The zero-order chi connectivity index (χ0) is 22.7. The van der Waals surface area contributed by atoms with E-state index in [4.69, 9.17) is 14.2 Å². The van der Waals surface area contributed by atoms with E-state index in [1.807, 2.05) is 6.92 Å². The number of hydrogen-bond acceptors (Lipinski definition) is 8. The van der Waals surface area contributed by atoms with Crippen LogP contribution in [0.15, 0.2) is 28.4 Å². The second kappa shape index (κ2) is 9.28. The number of nitrogens with zero attached hydrogens (tertiary/aromatic N) is 2. The first kappa shape index (κ1) is 22.5. The van der Waals surface area contributed by atoms with Gasteiger partial charge in [0.25, 0.3) is 5.69 Å². The monoisotopic (exact) mass is 430 g/mol. The van der Waals surface area contributed by atoms with Crippen molar-refractivity contribution in [2.75, 3.05) is 20.8 Å². The summed E-state index contributed by atoms with van der Waals surface area (Å²) in [6.45, 7) is 3.78. The highest BCUT2D eigenvalue weighted by Crippen LogP contribution is 2.48. The second-order valence-electron chi connectivity index (χ2n) is 7.54. The van der Waals surface area contributed by atoms with Crippen molar-refractivity contribution in [3.8, 4) is 11.5 Å². The lowest BCUT2D eigenvalue weighted by molar-refractivity contribution is -0.385. The van der Waals surface area contributed by atoms with Crippen molar-refractivity contribution in [3.63, 3.8) is 0 Å². The molecule has 0 saturated carbocycles. The number of ketones is 1. The summed E-state index contributed by atoms with van der Waals surface area (Å²) in [5.74, 6) is -2.07. The van der Waals surface area contributed by atoms with Crippen LogP contribution < -0.4 is 9.47 Å². The van der Waals surface area contributed by atoms with E-state index in [9.17, 15) is 19.7 Å². The smallest absolute Gasteiger partial charge is 0.315 e. The zero-order valence-corrected chi connectivity index (χ0v) is 18.1. The van der Waals surface area contributed by atoms with Crippen LogP contribution in [0.5, 0.6) is 11.5 Å². The van der Waals surface area contributed by atoms with E-state index >= 15 is 0 Å². The lowest BCUT2D eigenvalue weighted by atomic mass is 9.71. The van der Waals surface area contributed by atoms with Gasteiger partial charge in [0.05, 0.1) is 31.8 Å². The van der Waals surface area contributed by atoms with Crippen molar-refractivity contribution in [1.82, 2.24) is 0 Å². The summed E-state index contributed by atoms with van der Waals surface area (Å²) in [6.07, 6.45) is 2.16. The van der Waals surface area contributed by atoms with Gasteiger partial charge in [-0.25, -0.2) is 0 Å². The van der Waals surface area contributed by atoms with Crippen LogP contribution in [0.2, 0.25) is 0 Å². The number of nitro groups is 1. The van der Waals surface area contributed by atoms with Crippen LogP contribution in [0.4, 0.5) is 5.69 Å². The molecule has 166 valence electrons. The number of carbonyl (C=O) groups is 2. The summed E-state index contributed by atoms with van der Waals surface area (Å²) in [4.78, 5) is 41.9. The quantitative estimate of drug-likeness (QED) is 0.367. The van der Waals surface area contributed by atoms with E-state index in [0.29, 0.717) is 42.7 Å². The van der Waals surface area contributed by atoms with Gasteiger partial charge in [0.1, 0.15) is 5.92 Å². The topological polar surface area (TPSA) is 117 Å². The molecular formula is C22H26N2O7. The largest absolute Gasteiger partial charge is 0.493 e. The van der Waals surface area contributed by atoms with Crippen LogP contribution >= 0.6 is 0 Å². The number of hydrogen-bond donors (Lipinski definition) is 0. The van der Waals surface area contributed by atoms with Crippen LogP contribution in [-0.2, 0) is 14.3 Å². The third-order valence-electron chi connectivity index (χ3n) is 5.60. The normalized spacial score (nSPS) is 20.6.